The van der Waals surface area contributed by atoms with Crippen molar-refractivity contribution in [2.24, 2.45) is 0 Å². The van der Waals surface area contributed by atoms with Gasteiger partial charge in [-0.15, -0.1) is 0 Å². The van der Waals surface area contributed by atoms with Gasteiger partial charge in [-0.1, -0.05) is 0 Å². The molecule has 0 spiro atoms. The number of hydrogen-bond donors (Lipinski definition) is 2. The van der Waals surface area contributed by atoms with E-state index >= 15 is 0 Å². The number of urea groups is 1. The largest absolute Gasteiger partial charge is 0.435 e. The van der Waals surface area contributed by atoms with Crippen LogP contribution in [0.5, 0.6) is 11.6 Å². The second-order valence-corrected chi connectivity index (χ2v) is 5.87. The zero-order valence-corrected chi connectivity index (χ0v) is 15.1. The van der Waals surface area contributed by atoms with Gasteiger partial charge in [-0.2, -0.15) is 5.10 Å². The van der Waals surface area contributed by atoms with Gasteiger partial charge in [0.05, 0.1) is 19.4 Å². The minimum absolute atomic E-state index is 0.354. The molecule has 2 aromatic rings. The van der Waals surface area contributed by atoms with Crippen molar-refractivity contribution in [3.63, 3.8) is 0 Å². The number of ether oxygens (including phenoxy) is 2. The smallest absolute Gasteiger partial charge is 0.320 e. The number of rotatable bonds is 6. The van der Waals surface area contributed by atoms with E-state index in [-0.39, 0.29) is 6.03 Å². The number of aryl methyl sites for hydroxylation is 1. The minimum atomic E-state index is -0.354. The summed E-state index contributed by atoms with van der Waals surface area (Å²) in [6, 6.07) is 3.33. The molecule has 9 heteroatoms. The van der Waals surface area contributed by atoms with Crippen molar-refractivity contribution < 1.29 is 14.3 Å². The van der Waals surface area contributed by atoms with Crippen molar-refractivity contribution >= 4 is 11.8 Å². The molecule has 1 fully saturated rings. The highest BCUT2D eigenvalue weighted by Gasteiger charge is 2.16. The fourth-order valence-electron chi connectivity index (χ4n) is 2.69. The molecule has 0 unspecified atom stereocenters. The van der Waals surface area contributed by atoms with Gasteiger partial charge in [-0.05, 0) is 18.6 Å². The average Bonchev–Trinajstić information content (AvgIpc) is 3.11. The predicted molar refractivity (Wildman–Crippen MR) is 96.4 cm³/mol. The molecule has 0 radical (unpaired) electrons. The molecule has 1 aliphatic rings. The molecule has 2 N–H and O–H groups in total. The minimum Gasteiger partial charge on any atom is -0.435 e. The molecule has 2 aromatic heterocycles. The molecule has 9 nitrogen and oxygen atoms in total. The Hall–Kier alpha value is -2.65. The van der Waals surface area contributed by atoms with Crippen LogP contribution in [0.25, 0.3) is 0 Å². The van der Waals surface area contributed by atoms with Crippen molar-refractivity contribution in [3.8, 4) is 11.6 Å². The van der Waals surface area contributed by atoms with Crippen LogP contribution in [0.15, 0.2) is 24.5 Å². The highest BCUT2D eigenvalue weighted by atomic mass is 16.5. The van der Waals surface area contributed by atoms with Crippen LogP contribution in [0.4, 0.5) is 10.6 Å². The highest BCUT2D eigenvalue weighted by Crippen LogP contribution is 2.29. The van der Waals surface area contributed by atoms with Crippen LogP contribution >= 0.6 is 0 Å². The third-order valence-electron chi connectivity index (χ3n) is 4.07. The van der Waals surface area contributed by atoms with Gasteiger partial charge in [0.25, 0.3) is 0 Å². The maximum atomic E-state index is 11.7. The van der Waals surface area contributed by atoms with Gasteiger partial charge in [-0.3, -0.25) is 10.2 Å². The van der Waals surface area contributed by atoms with E-state index in [9.17, 15) is 4.79 Å². The second-order valence-electron chi connectivity index (χ2n) is 5.87. The van der Waals surface area contributed by atoms with Crippen LogP contribution in [-0.4, -0.2) is 59.0 Å². The van der Waals surface area contributed by atoms with Crippen molar-refractivity contribution in [1.29, 1.82) is 0 Å². The summed E-state index contributed by atoms with van der Waals surface area (Å²) in [5.41, 5.74) is 1.01. The summed E-state index contributed by atoms with van der Waals surface area (Å²) in [6.07, 6.45) is 3.43. The van der Waals surface area contributed by atoms with Crippen molar-refractivity contribution in [2.45, 2.75) is 20.0 Å². The lowest BCUT2D eigenvalue weighted by Gasteiger charge is -2.26. The lowest BCUT2D eigenvalue weighted by molar-refractivity contribution is 0.0341. The third kappa shape index (κ3) is 4.50. The summed E-state index contributed by atoms with van der Waals surface area (Å²) >= 11 is 0. The Kier molecular flexibility index (Phi) is 6.03. The van der Waals surface area contributed by atoms with Crippen LogP contribution < -0.4 is 15.4 Å². The average molecular weight is 360 g/mol. The summed E-state index contributed by atoms with van der Waals surface area (Å²) in [4.78, 5) is 18.4. The third-order valence-corrected chi connectivity index (χ3v) is 4.07. The molecule has 140 valence electrons. The number of carbonyl (C=O) groups excluding carboxylic acids is 1. The molecular formula is C17H24N6O3. The molecule has 0 saturated carbocycles. The van der Waals surface area contributed by atoms with E-state index in [1.165, 1.54) is 0 Å². The Morgan fingerprint density at radius 2 is 2.19 bits per heavy atom. The van der Waals surface area contributed by atoms with Crippen LogP contribution in [0.3, 0.4) is 0 Å². The Morgan fingerprint density at radius 3 is 2.92 bits per heavy atom. The van der Waals surface area contributed by atoms with Gasteiger partial charge in [-0.25, -0.2) is 14.5 Å². The van der Waals surface area contributed by atoms with E-state index < -0.39 is 0 Å². The number of anilines is 1. The number of amides is 2. The fraction of sp³-hybridized carbons (Fsp3) is 0.471. The fourth-order valence-corrected chi connectivity index (χ4v) is 2.69. The molecular weight excluding hydrogens is 336 g/mol. The number of nitrogens with one attached hydrogen (secondary N) is 2. The zero-order chi connectivity index (χ0) is 18.4. The molecule has 2 amide bonds. The van der Waals surface area contributed by atoms with Crippen LogP contribution in [-0.2, 0) is 17.8 Å². The molecule has 0 aromatic carbocycles. The van der Waals surface area contributed by atoms with E-state index in [1.54, 1.807) is 30.2 Å². The number of morpholine rings is 1. The van der Waals surface area contributed by atoms with E-state index in [2.05, 4.69) is 25.6 Å². The van der Waals surface area contributed by atoms with E-state index in [0.29, 0.717) is 24.0 Å². The number of nitrogens with zero attached hydrogens (tertiary/aromatic N) is 4. The van der Waals surface area contributed by atoms with Gasteiger partial charge >= 0.3 is 6.03 Å². The molecule has 26 heavy (non-hydrogen) atoms. The van der Waals surface area contributed by atoms with Gasteiger partial charge in [0.15, 0.2) is 11.6 Å². The number of hydrogen-bond acceptors (Lipinski definition) is 6. The summed E-state index contributed by atoms with van der Waals surface area (Å²) in [5.74, 6) is 1.44. The molecule has 3 heterocycles. The monoisotopic (exact) mass is 360 g/mol. The number of aromatic nitrogens is 3. The first-order chi connectivity index (χ1) is 12.7. The van der Waals surface area contributed by atoms with Gasteiger partial charge in [0.2, 0.25) is 5.88 Å². The summed E-state index contributed by atoms with van der Waals surface area (Å²) in [5, 5.41) is 9.41. The lowest BCUT2D eigenvalue weighted by Crippen LogP contribution is -2.35. The molecule has 3 rings (SSSR count). The normalized spacial score (nSPS) is 14.8. The van der Waals surface area contributed by atoms with Crippen LogP contribution in [0.1, 0.15) is 12.5 Å². The Morgan fingerprint density at radius 1 is 1.38 bits per heavy atom. The SMILES string of the molecule is CCn1nccc1Oc1cc(CN2CCOCC2)cnc1NC(=O)NC. The zero-order valence-electron chi connectivity index (χ0n) is 15.1. The first-order valence-electron chi connectivity index (χ1n) is 8.67. The second kappa shape index (κ2) is 8.63. The Bertz CT molecular complexity index is 742. The van der Waals surface area contributed by atoms with E-state index in [4.69, 9.17) is 9.47 Å². The molecule has 0 atom stereocenters. The topological polar surface area (TPSA) is 93.5 Å². The summed E-state index contributed by atoms with van der Waals surface area (Å²) in [6.45, 7) is 6.66. The maximum Gasteiger partial charge on any atom is 0.320 e. The van der Waals surface area contributed by atoms with Crippen molar-refractivity contribution in [1.82, 2.24) is 25.0 Å². The van der Waals surface area contributed by atoms with Crippen molar-refractivity contribution in [3.05, 3.63) is 30.1 Å². The number of pyridine rings is 1. The highest BCUT2D eigenvalue weighted by molar-refractivity contribution is 5.89. The first kappa shape index (κ1) is 18.2. The van der Waals surface area contributed by atoms with E-state index in [1.807, 2.05) is 13.0 Å². The molecule has 1 saturated heterocycles. The molecule has 0 aliphatic carbocycles. The van der Waals surface area contributed by atoms with Gasteiger partial charge in [0, 0.05) is 45.5 Å². The summed E-state index contributed by atoms with van der Waals surface area (Å²) in [7, 11) is 1.55. The number of carbonyl (C=O) groups is 1. The molecule has 1 aliphatic heterocycles. The first-order valence-corrected chi connectivity index (χ1v) is 8.67. The van der Waals surface area contributed by atoms with Crippen molar-refractivity contribution in [2.75, 3.05) is 38.7 Å². The Labute approximate surface area is 152 Å². The van der Waals surface area contributed by atoms with Crippen LogP contribution in [0.2, 0.25) is 0 Å². The van der Waals surface area contributed by atoms with Crippen LogP contribution in [0, 0.1) is 0 Å². The predicted octanol–water partition coefficient (Wildman–Crippen LogP) is 1.67. The Balaban J connectivity index is 1.83. The quantitative estimate of drug-likeness (QED) is 0.814. The van der Waals surface area contributed by atoms with Gasteiger partial charge < -0.3 is 14.8 Å². The standard InChI is InChI=1S/C17H24N6O3/c1-3-23-15(4-5-20-23)26-14-10-13(12-22-6-8-25-9-7-22)11-19-16(14)21-17(24)18-2/h4-5,10-11H,3,6-9,12H2,1-2H3,(H2,18,19,21,24). The molecule has 0 bridgehead atoms. The summed E-state index contributed by atoms with van der Waals surface area (Å²) < 4.78 is 13.1. The maximum absolute atomic E-state index is 11.7. The van der Waals surface area contributed by atoms with Gasteiger partial charge in [0.1, 0.15) is 0 Å². The van der Waals surface area contributed by atoms with E-state index in [0.717, 1.165) is 38.4 Å². The lowest BCUT2D eigenvalue weighted by atomic mass is 10.2.